The monoisotopic (exact) mass is 226 g/mol. The summed E-state index contributed by atoms with van der Waals surface area (Å²) in [5.41, 5.74) is 0. The zero-order chi connectivity index (χ0) is 10.2. The fraction of sp³-hybridized carbons (Fsp3) is 0.0909. The van der Waals surface area contributed by atoms with Crippen LogP contribution < -0.4 is 0 Å². The molecule has 1 aliphatic heterocycles. The molecule has 0 saturated heterocycles. The first-order valence-electron chi connectivity index (χ1n) is 4.29. The van der Waals surface area contributed by atoms with Crippen LogP contribution >= 0.6 is 23.5 Å². The number of allylic oxidation sites excluding steroid dienone is 3. The second-order valence-electron chi connectivity index (χ2n) is 2.59. The van der Waals surface area contributed by atoms with Crippen LogP contribution in [0, 0.1) is 0 Å². The molecule has 1 nitrogen and oxygen atoms in total. The van der Waals surface area contributed by atoms with Gasteiger partial charge < -0.3 is 4.42 Å². The molecule has 0 fully saturated rings. The number of hydrogen-bond donors (Lipinski definition) is 2. The Balaban J connectivity index is 0.000000146. The van der Waals surface area contributed by atoms with Crippen molar-refractivity contribution < 1.29 is 4.42 Å². The topological polar surface area (TPSA) is 13.1 Å². The first-order valence-corrected chi connectivity index (χ1v) is 6.29. The Hall–Kier alpha value is -0.800. The summed E-state index contributed by atoms with van der Waals surface area (Å²) in [5, 5.41) is 6.69. The van der Waals surface area contributed by atoms with Crippen molar-refractivity contribution in [2.45, 2.75) is 11.8 Å². The summed E-state index contributed by atoms with van der Waals surface area (Å²) in [6, 6.07) is 1.78. The van der Waals surface area contributed by atoms with Gasteiger partial charge in [0.25, 0.3) is 0 Å². The van der Waals surface area contributed by atoms with Crippen LogP contribution in [0.4, 0.5) is 0 Å². The van der Waals surface area contributed by atoms with Crippen molar-refractivity contribution in [2.24, 2.45) is 0 Å². The van der Waals surface area contributed by atoms with Crippen LogP contribution in [-0.2, 0) is 0 Å². The molecule has 0 aromatic carbocycles. The molecule has 2 rings (SSSR count). The van der Waals surface area contributed by atoms with Gasteiger partial charge in [-0.2, -0.15) is 10.9 Å². The van der Waals surface area contributed by atoms with Crippen molar-refractivity contribution >= 4 is 23.5 Å². The van der Waals surface area contributed by atoms with Crippen molar-refractivity contribution in [2.75, 3.05) is 0 Å². The van der Waals surface area contributed by atoms with Crippen LogP contribution in [0.2, 0.25) is 0 Å². The number of furan rings is 1. The van der Waals surface area contributed by atoms with Gasteiger partial charge in [0.15, 0.2) is 0 Å². The first-order chi connectivity index (χ1) is 6.83. The van der Waals surface area contributed by atoms with E-state index in [1.165, 1.54) is 0 Å². The minimum Gasteiger partial charge on any atom is -0.471 e. The van der Waals surface area contributed by atoms with E-state index in [0.717, 1.165) is 4.90 Å². The van der Waals surface area contributed by atoms with Gasteiger partial charge in [-0.05, 0) is 29.2 Å². The summed E-state index contributed by atoms with van der Waals surface area (Å²) >= 11 is 3.94. The molecule has 1 aromatic rings. The lowest BCUT2D eigenvalue weighted by atomic mass is 10.6. The SMILES string of the molecule is CC=C[SH]1C=CC=C1.Sc1ccoc1. The van der Waals surface area contributed by atoms with Crippen molar-refractivity contribution in [1.82, 2.24) is 0 Å². The molecule has 0 atom stereocenters. The van der Waals surface area contributed by atoms with Crippen LogP contribution in [0.3, 0.4) is 0 Å². The molecule has 76 valence electrons. The van der Waals surface area contributed by atoms with Gasteiger partial charge in [-0.15, -0.1) is 12.6 Å². The van der Waals surface area contributed by atoms with Crippen molar-refractivity contribution in [3.05, 3.63) is 53.0 Å². The van der Waals surface area contributed by atoms with Gasteiger partial charge in [0.05, 0.1) is 6.26 Å². The summed E-state index contributed by atoms with van der Waals surface area (Å²) in [6.45, 7) is 2.06. The molecule has 0 amide bonds. The third-order valence-corrected chi connectivity index (χ3v) is 3.38. The van der Waals surface area contributed by atoms with E-state index in [-0.39, 0.29) is 10.9 Å². The lowest BCUT2D eigenvalue weighted by molar-refractivity contribution is 0.562. The predicted octanol–water partition coefficient (Wildman–Crippen LogP) is 4.13. The predicted molar refractivity (Wildman–Crippen MR) is 68.0 cm³/mol. The maximum Gasteiger partial charge on any atom is 0.104 e. The quantitative estimate of drug-likeness (QED) is 0.687. The molecule has 14 heavy (non-hydrogen) atoms. The normalized spacial score (nSPS) is 16.0. The largest absolute Gasteiger partial charge is 0.471 e. The Kier molecular flexibility index (Phi) is 5.33. The van der Waals surface area contributed by atoms with E-state index >= 15 is 0 Å². The molecule has 0 spiro atoms. The Bertz CT molecular complexity index is 311. The highest BCUT2D eigenvalue weighted by Gasteiger charge is 1.88. The molecule has 1 aromatic heterocycles. The Morgan fingerprint density at radius 3 is 2.43 bits per heavy atom. The van der Waals surface area contributed by atoms with E-state index in [0.29, 0.717) is 0 Å². The molecule has 1 aliphatic rings. The molecule has 0 aliphatic carbocycles. The lowest BCUT2D eigenvalue weighted by Gasteiger charge is -1.97. The summed E-state index contributed by atoms with van der Waals surface area (Å²) < 4.78 is 4.64. The fourth-order valence-electron chi connectivity index (χ4n) is 0.877. The smallest absolute Gasteiger partial charge is 0.104 e. The van der Waals surface area contributed by atoms with Gasteiger partial charge in [-0.25, -0.2) is 0 Å². The van der Waals surface area contributed by atoms with Gasteiger partial charge >= 0.3 is 0 Å². The van der Waals surface area contributed by atoms with Gasteiger partial charge in [0.1, 0.15) is 6.26 Å². The van der Waals surface area contributed by atoms with Crippen molar-refractivity contribution in [1.29, 1.82) is 0 Å². The molecular formula is C11H14OS2. The van der Waals surface area contributed by atoms with Crippen LogP contribution in [0.5, 0.6) is 0 Å². The highest BCUT2D eigenvalue weighted by molar-refractivity contribution is 8.24. The number of hydrogen-bond acceptors (Lipinski definition) is 2. The third-order valence-electron chi connectivity index (χ3n) is 1.45. The molecule has 0 bridgehead atoms. The van der Waals surface area contributed by atoms with E-state index in [2.05, 4.69) is 58.4 Å². The second-order valence-corrected chi connectivity index (χ2v) is 4.90. The van der Waals surface area contributed by atoms with Crippen molar-refractivity contribution in [3.8, 4) is 0 Å². The summed E-state index contributed by atoms with van der Waals surface area (Å²) in [6.07, 6.45) is 9.47. The molecule has 3 heteroatoms. The second kappa shape index (κ2) is 6.62. The minimum atomic E-state index is 0.0131. The molecular weight excluding hydrogens is 212 g/mol. The van der Waals surface area contributed by atoms with Crippen molar-refractivity contribution in [3.63, 3.8) is 0 Å². The highest BCUT2D eigenvalue weighted by Crippen LogP contribution is 2.33. The Morgan fingerprint density at radius 1 is 1.36 bits per heavy atom. The van der Waals surface area contributed by atoms with E-state index in [9.17, 15) is 0 Å². The zero-order valence-electron chi connectivity index (χ0n) is 8.00. The summed E-state index contributed by atoms with van der Waals surface area (Å²) in [7, 11) is 0.0131. The van der Waals surface area contributed by atoms with Gasteiger partial charge in [0.2, 0.25) is 0 Å². The van der Waals surface area contributed by atoms with Gasteiger partial charge in [0, 0.05) is 4.90 Å². The van der Waals surface area contributed by atoms with E-state index < -0.39 is 0 Å². The number of rotatable bonds is 1. The van der Waals surface area contributed by atoms with E-state index in [1.54, 1.807) is 18.6 Å². The molecule has 0 N–H and O–H groups in total. The van der Waals surface area contributed by atoms with E-state index in [1.807, 2.05) is 0 Å². The maximum absolute atomic E-state index is 4.64. The maximum atomic E-state index is 4.64. The summed E-state index contributed by atoms with van der Waals surface area (Å²) in [4.78, 5) is 0.870. The first kappa shape index (κ1) is 11.3. The van der Waals surface area contributed by atoms with E-state index in [4.69, 9.17) is 0 Å². The minimum absolute atomic E-state index is 0.0131. The van der Waals surface area contributed by atoms with Crippen LogP contribution in [0.15, 0.2) is 62.4 Å². The summed E-state index contributed by atoms with van der Waals surface area (Å²) in [5.74, 6) is 0. The average molecular weight is 226 g/mol. The lowest BCUT2D eigenvalue weighted by Crippen LogP contribution is -1.52. The number of thiol groups is 2. The zero-order valence-corrected chi connectivity index (χ0v) is 9.79. The molecule has 0 unspecified atom stereocenters. The van der Waals surface area contributed by atoms with Crippen LogP contribution in [0.25, 0.3) is 0 Å². The Labute approximate surface area is 93.0 Å². The average Bonchev–Trinajstić information content (AvgIpc) is 2.79. The van der Waals surface area contributed by atoms with Crippen LogP contribution in [-0.4, -0.2) is 0 Å². The van der Waals surface area contributed by atoms with Gasteiger partial charge in [-0.3, -0.25) is 0 Å². The molecule has 2 heterocycles. The van der Waals surface area contributed by atoms with Crippen LogP contribution in [0.1, 0.15) is 6.92 Å². The third kappa shape index (κ3) is 4.44. The van der Waals surface area contributed by atoms with Gasteiger partial charge in [-0.1, -0.05) is 18.2 Å². The fourth-order valence-corrected chi connectivity index (χ4v) is 2.24. The molecule has 0 saturated carbocycles. The highest BCUT2D eigenvalue weighted by atomic mass is 32.2. The Morgan fingerprint density at radius 2 is 2.07 bits per heavy atom. The standard InChI is InChI=1S/C7H10S.C4H4OS/c1-2-5-8-6-3-4-7-8;6-4-1-2-5-3-4/h2-8H,1H3;1-3,6H. The molecule has 0 radical (unpaired) electrons.